The van der Waals surface area contributed by atoms with Crippen LogP contribution in [0.3, 0.4) is 0 Å². The molecule has 3 fully saturated rings. The molecule has 0 radical (unpaired) electrons. The van der Waals surface area contributed by atoms with Gasteiger partial charge in [0.1, 0.15) is 36.3 Å². The van der Waals surface area contributed by atoms with Crippen molar-refractivity contribution < 1.29 is 47.9 Å². The van der Waals surface area contributed by atoms with Crippen LogP contribution in [0, 0.1) is 35.5 Å². The molecule has 86 heavy (non-hydrogen) atoms. The van der Waals surface area contributed by atoms with E-state index in [1.807, 2.05) is 116 Å². The second-order valence-corrected chi connectivity index (χ2v) is 25.3. The first-order chi connectivity index (χ1) is 41.0. The van der Waals surface area contributed by atoms with Gasteiger partial charge in [0.2, 0.25) is 59.1 Å². The minimum Gasteiger partial charge on any atom is -0.354 e. The van der Waals surface area contributed by atoms with Gasteiger partial charge in [-0.15, -0.1) is 0 Å². The molecule has 5 rings (SSSR count). The molecule has 3 aliphatic heterocycles. The maximum Gasteiger partial charge on any atom is 0.246 e. The zero-order valence-corrected chi connectivity index (χ0v) is 52.1. The van der Waals surface area contributed by atoms with Gasteiger partial charge in [0.25, 0.3) is 0 Å². The van der Waals surface area contributed by atoms with E-state index in [2.05, 4.69) is 42.5 Å². The average Bonchev–Trinajstić information content (AvgIpc) is 2.35. The van der Waals surface area contributed by atoms with Gasteiger partial charge in [0.05, 0.1) is 11.8 Å². The van der Waals surface area contributed by atoms with E-state index in [-0.39, 0.29) is 101 Å². The lowest BCUT2D eigenvalue weighted by atomic mass is 9.93. The predicted octanol–water partition coefficient (Wildman–Crippen LogP) is 2.50. The highest BCUT2D eigenvalue weighted by molar-refractivity contribution is 5.96. The van der Waals surface area contributed by atoms with Gasteiger partial charge in [-0.3, -0.25) is 47.9 Å². The normalized spacial score (nSPS) is 26.4. The van der Waals surface area contributed by atoms with Crippen LogP contribution in [0.25, 0.3) is 0 Å². The standard InChI is InChI=1S/C64H100N12O10/c1-39(2)31-45-35-55(77)71-49(23-15-27-65)59(81)67-37-47(41(5)6)58(80)74-52(34-44-21-13-10-14-22-44)64(86)76-30-18-26-54(76)62(84)70-46(32-40(3)4)36-56(78)72-50(24-16-28-66)60(82)68-38-48(42(7)8)57(79)73-51(33-43-19-11-9-12-20-43)63(85)75-29-17-25-53(75)61(83)69-45/h9-14,19-22,39-42,45-54H,15-18,23-38,65-66H2,1-8H3,(H,67,81)(H,68,82)(H,69,83)(H,70,84)(H,71,77)(H,72,78)(H,73,79)(H,74,80)/t45-,46-,47-,48-,49+,50+,51+,52+,53-,54-/m0/s1. The highest BCUT2D eigenvalue weighted by atomic mass is 16.2. The molecule has 0 unspecified atom stereocenters. The lowest BCUT2D eigenvalue weighted by Crippen LogP contribution is -2.57. The number of fused-ring (bicyclic) bond motifs is 2. The third-order valence-electron chi connectivity index (χ3n) is 16.5. The van der Waals surface area contributed by atoms with E-state index < -0.39 is 119 Å². The van der Waals surface area contributed by atoms with Crippen LogP contribution >= 0.6 is 0 Å². The van der Waals surface area contributed by atoms with Crippen molar-refractivity contribution in [1.82, 2.24) is 52.3 Å². The Morgan fingerprint density at radius 3 is 1.14 bits per heavy atom. The third kappa shape index (κ3) is 21.8. The number of amides is 10. The molecule has 476 valence electrons. The number of carbonyl (C=O) groups is 10. The quantitative estimate of drug-likeness (QED) is 0.116. The number of hydrogen-bond acceptors (Lipinski definition) is 12. The van der Waals surface area contributed by atoms with E-state index in [1.54, 1.807) is 0 Å². The molecule has 22 nitrogen and oxygen atoms in total. The van der Waals surface area contributed by atoms with Gasteiger partial charge in [0.15, 0.2) is 0 Å². The van der Waals surface area contributed by atoms with Crippen LogP contribution in [-0.4, -0.2) is 156 Å². The van der Waals surface area contributed by atoms with Crippen LogP contribution in [-0.2, 0) is 60.8 Å². The number of nitrogens with zero attached hydrogens (tertiary/aromatic N) is 2. The Bertz CT molecular complexity index is 2390. The topological polar surface area (TPSA) is 325 Å². The molecule has 10 amide bonds. The van der Waals surface area contributed by atoms with Crippen molar-refractivity contribution in [2.45, 2.75) is 194 Å². The Labute approximate surface area is 509 Å². The number of nitrogens with two attached hydrogens (primary N) is 2. The summed E-state index contributed by atoms with van der Waals surface area (Å²) < 4.78 is 0. The molecule has 12 N–H and O–H groups in total. The summed E-state index contributed by atoms with van der Waals surface area (Å²) in [5, 5.41) is 23.6. The summed E-state index contributed by atoms with van der Waals surface area (Å²) in [4.78, 5) is 147. The van der Waals surface area contributed by atoms with E-state index in [1.165, 1.54) is 9.80 Å². The SMILES string of the molecule is CC(C)C[C@H]1CC(=O)N[C@H](CCCN)C(=O)NC[C@@H](C(C)C)C(=O)N[C@H](Cc2ccccc2)C(=O)N2CCC[C@H]2C(=O)N[C@@H](CC(C)C)CC(=O)N[C@H](CCCN)C(=O)NC[C@@H](C(C)C)C(=O)N[C@H](Cc2ccccc2)C(=O)N2CCC[C@H]2C(=O)N1. The van der Waals surface area contributed by atoms with Crippen molar-refractivity contribution >= 4 is 59.1 Å². The summed E-state index contributed by atoms with van der Waals surface area (Å²) in [5.41, 5.74) is 13.3. The summed E-state index contributed by atoms with van der Waals surface area (Å²) in [7, 11) is 0. The van der Waals surface area contributed by atoms with E-state index >= 15 is 0 Å². The Kier molecular flexibility index (Phi) is 28.4. The van der Waals surface area contributed by atoms with Crippen LogP contribution < -0.4 is 54.0 Å². The summed E-state index contributed by atoms with van der Waals surface area (Å²) >= 11 is 0. The monoisotopic (exact) mass is 1200 g/mol. The van der Waals surface area contributed by atoms with Gasteiger partial charge in [-0.25, -0.2) is 0 Å². The van der Waals surface area contributed by atoms with Gasteiger partial charge in [-0.2, -0.15) is 0 Å². The molecular formula is C64H100N12O10. The minimum atomic E-state index is -1.11. The zero-order chi connectivity index (χ0) is 63.0. The fourth-order valence-electron chi connectivity index (χ4n) is 11.8. The minimum absolute atomic E-state index is 0.0246. The van der Waals surface area contributed by atoms with Crippen molar-refractivity contribution in [3.63, 3.8) is 0 Å². The Morgan fingerprint density at radius 2 is 0.814 bits per heavy atom. The van der Waals surface area contributed by atoms with Crippen LogP contribution in [0.5, 0.6) is 0 Å². The maximum atomic E-state index is 14.9. The lowest BCUT2D eigenvalue weighted by molar-refractivity contribution is -0.142. The molecule has 0 saturated carbocycles. The second-order valence-electron chi connectivity index (χ2n) is 25.3. The molecule has 2 aromatic rings. The molecule has 3 aliphatic rings. The van der Waals surface area contributed by atoms with Crippen molar-refractivity contribution in [2.24, 2.45) is 47.0 Å². The van der Waals surface area contributed by atoms with E-state index in [0.717, 1.165) is 11.1 Å². The first kappa shape index (κ1) is 69.8. The van der Waals surface area contributed by atoms with Crippen molar-refractivity contribution in [3.8, 4) is 0 Å². The summed E-state index contributed by atoms with van der Waals surface area (Å²) in [6, 6.07) is 10.8. The Balaban J connectivity index is 1.51. The van der Waals surface area contributed by atoms with Crippen LogP contribution in [0.15, 0.2) is 60.7 Å². The van der Waals surface area contributed by atoms with Crippen molar-refractivity contribution in [3.05, 3.63) is 71.8 Å². The molecule has 0 aromatic heterocycles. The number of nitrogens with one attached hydrogen (secondary N) is 8. The third-order valence-corrected chi connectivity index (χ3v) is 16.5. The van der Waals surface area contributed by atoms with Gasteiger partial charge >= 0.3 is 0 Å². The molecule has 22 heteroatoms. The van der Waals surface area contributed by atoms with E-state index in [4.69, 9.17) is 11.5 Å². The maximum absolute atomic E-state index is 14.9. The molecule has 10 atom stereocenters. The number of hydrogen-bond donors (Lipinski definition) is 10. The number of carbonyl (C=O) groups excluding carboxylic acids is 10. The smallest absolute Gasteiger partial charge is 0.246 e. The second kappa shape index (κ2) is 35.0. The number of benzene rings is 2. The fourth-order valence-corrected chi connectivity index (χ4v) is 11.8. The predicted molar refractivity (Wildman–Crippen MR) is 329 cm³/mol. The Morgan fingerprint density at radius 1 is 0.453 bits per heavy atom. The Hall–Kier alpha value is -6.94. The summed E-state index contributed by atoms with van der Waals surface area (Å²) in [5.74, 6) is -7.25. The molecule has 2 aromatic carbocycles. The highest BCUT2D eigenvalue weighted by Gasteiger charge is 2.42. The molecule has 0 bridgehead atoms. The largest absolute Gasteiger partial charge is 0.354 e. The van der Waals surface area contributed by atoms with E-state index in [0.29, 0.717) is 51.4 Å². The summed E-state index contributed by atoms with van der Waals surface area (Å²) in [6.45, 7) is 15.8. The van der Waals surface area contributed by atoms with Crippen molar-refractivity contribution in [1.29, 1.82) is 0 Å². The molecule has 3 heterocycles. The fraction of sp³-hybridized carbons (Fsp3) is 0.656. The first-order valence-corrected chi connectivity index (χ1v) is 31.4. The van der Waals surface area contributed by atoms with Crippen LogP contribution in [0.1, 0.15) is 144 Å². The highest BCUT2D eigenvalue weighted by Crippen LogP contribution is 2.25. The van der Waals surface area contributed by atoms with Gasteiger partial charge in [0, 0.05) is 63.9 Å². The van der Waals surface area contributed by atoms with Crippen molar-refractivity contribution in [2.75, 3.05) is 39.3 Å². The molecule has 3 saturated heterocycles. The number of rotatable bonds is 16. The van der Waals surface area contributed by atoms with Gasteiger partial charge in [-0.05, 0) is 112 Å². The van der Waals surface area contributed by atoms with Crippen LogP contribution in [0.4, 0.5) is 0 Å². The first-order valence-electron chi connectivity index (χ1n) is 31.4. The van der Waals surface area contributed by atoms with Crippen LogP contribution in [0.2, 0.25) is 0 Å². The van der Waals surface area contributed by atoms with Gasteiger partial charge in [-0.1, -0.05) is 116 Å². The molecular weight excluding hydrogens is 1100 g/mol. The lowest BCUT2D eigenvalue weighted by Gasteiger charge is -2.32. The van der Waals surface area contributed by atoms with E-state index in [9.17, 15) is 47.9 Å². The van der Waals surface area contributed by atoms with Gasteiger partial charge < -0.3 is 63.8 Å². The molecule has 0 aliphatic carbocycles. The average molecular weight is 1200 g/mol. The zero-order valence-electron chi connectivity index (χ0n) is 52.1. The summed E-state index contributed by atoms with van der Waals surface area (Å²) in [6.07, 6.45) is 3.40. The molecule has 0 spiro atoms.